The third kappa shape index (κ3) is 3.47. The molecule has 0 spiro atoms. The van der Waals surface area contributed by atoms with Crippen molar-refractivity contribution in [1.29, 1.82) is 0 Å². The van der Waals surface area contributed by atoms with E-state index in [9.17, 15) is 9.59 Å². The molecule has 2 aromatic rings. The molecule has 0 aliphatic carbocycles. The first-order valence-electron chi connectivity index (χ1n) is 7.25. The molecular formula is C16H15ClN4O3. The normalized spacial score (nSPS) is 17.2. The Labute approximate surface area is 143 Å². The molecule has 3 amide bonds. The van der Waals surface area contributed by atoms with Crippen molar-refractivity contribution < 1.29 is 14.4 Å². The Morgan fingerprint density at radius 1 is 1.29 bits per heavy atom. The fourth-order valence-corrected chi connectivity index (χ4v) is 2.47. The lowest BCUT2D eigenvalue weighted by Gasteiger charge is -2.20. The van der Waals surface area contributed by atoms with E-state index in [1.165, 1.54) is 11.9 Å². The Kier molecular flexibility index (Phi) is 4.64. The molecule has 1 aliphatic rings. The molecule has 2 heterocycles. The van der Waals surface area contributed by atoms with Crippen LogP contribution in [0.3, 0.4) is 0 Å². The van der Waals surface area contributed by atoms with Gasteiger partial charge in [-0.3, -0.25) is 9.69 Å². The van der Waals surface area contributed by atoms with Crippen LogP contribution in [0.5, 0.6) is 0 Å². The van der Waals surface area contributed by atoms with Gasteiger partial charge in [-0.05, 0) is 36.4 Å². The average molecular weight is 347 g/mol. The summed E-state index contributed by atoms with van der Waals surface area (Å²) in [7, 11) is 1.50. The molecule has 8 heteroatoms. The fraction of sp³-hybridized carbons (Fsp3) is 0.188. The van der Waals surface area contributed by atoms with Crippen molar-refractivity contribution in [2.45, 2.75) is 12.6 Å². The number of carbonyl (C=O) groups excluding carboxylic acids is 2. The van der Waals surface area contributed by atoms with Gasteiger partial charge in [-0.2, -0.15) is 0 Å². The Bertz CT molecular complexity index is 739. The van der Waals surface area contributed by atoms with Gasteiger partial charge in [0.2, 0.25) is 5.91 Å². The van der Waals surface area contributed by atoms with Crippen LogP contribution in [-0.4, -0.2) is 35.3 Å². The number of amides is 3. The van der Waals surface area contributed by atoms with Gasteiger partial charge in [0.05, 0.1) is 6.42 Å². The van der Waals surface area contributed by atoms with Crippen LogP contribution < -0.4 is 10.2 Å². The second-order valence-electron chi connectivity index (χ2n) is 5.15. The highest BCUT2D eigenvalue weighted by atomic mass is 35.5. The van der Waals surface area contributed by atoms with Crippen molar-refractivity contribution >= 4 is 35.0 Å². The molecule has 0 radical (unpaired) electrons. The first kappa shape index (κ1) is 16.2. The minimum atomic E-state index is -0.743. The van der Waals surface area contributed by atoms with Crippen LogP contribution in [0.1, 0.15) is 6.42 Å². The largest absolute Gasteiger partial charge is 0.350 e. The van der Waals surface area contributed by atoms with Crippen molar-refractivity contribution in [1.82, 2.24) is 10.0 Å². The van der Waals surface area contributed by atoms with Gasteiger partial charge in [0, 0.05) is 24.0 Å². The number of aromatic nitrogens is 1. The molecule has 1 N–H and O–H groups in total. The minimum Gasteiger partial charge on any atom is -0.311 e. The van der Waals surface area contributed by atoms with Crippen molar-refractivity contribution in [3.8, 4) is 0 Å². The van der Waals surface area contributed by atoms with Gasteiger partial charge in [-0.25, -0.2) is 19.7 Å². The van der Waals surface area contributed by atoms with Crippen LogP contribution in [-0.2, 0) is 9.63 Å². The van der Waals surface area contributed by atoms with E-state index >= 15 is 0 Å². The van der Waals surface area contributed by atoms with E-state index in [1.807, 2.05) is 0 Å². The third-order valence-corrected chi connectivity index (χ3v) is 3.69. The predicted molar refractivity (Wildman–Crippen MR) is 89.4 cm³/mol. The zero-order valence-electron chi connectivity index (χ0n) is 12.8. The van der Waals surface area contributed by atoms with Crippen LogP contribution >= 0.6 is 11.6 Å². The topological polar surface area (TPSA) is 74.8 Å². The summed E-state index contributed by atoms with van der Waals surface area (Å²) < 4.78 is 0. The zero-order chi connectivity index (χ0) is 17.1. The highest BCUT2D eigenvalue weighted by Crippen LogP contribution is 2.28. The Morgan fingerprint density at radius 3 is 2.71 bits per heavy atom. The second kappa shape index (κ2) is 6.86. The van der Waals surface area contributed by atoms with Gasteiger partial charge in [0.15, 0.2) is 6.23 Å². The molecule has 1 aromatic carbocycles. The van der Waals surface area contributed by atoms with Crippen LogP contribution in [0.15, 0.2) is 48.7 Å². The van der Waals surface area contributed by atoms with Gasteiger partial charge in [-0.1, -0.05) is 17.7 Å². The summed E-state index contributed by atoms with van der Waals surface area (Å²) in [6.07, 6.45) is 0.807. The zero-order valence-corrected chi connectivity index (χ0v) is 13.6. The number of anilines is 2. The number of halogens is 1. The van der Waals surface area contributed by atoms with E-state index < -0.39 is 6.23 Å². The SMILES string of the molecule is CN1O[C@@H](CC(=O)Nc2ccccn2)N(c2ccc(Cl)cc2)C1=O. The number of pyridine rings is 1. The van der Waals surface area contributed by atoms with Crippen molar-refractivity contribution in [2.24, 2.45) is 0 Å². The highest BCUT2D eigenvalue weighted by Gasteiger charge is 2.39. The predicted octanol–water partition coefficient (Wildman–Crippen LogP) is 2.89. The maximum atomic E-state index is 12.3. The van der Waals surface area contributed by atoms with E-state index in [1.54, 1.807) is 48.7 Å². The quantitative estimate of drug-likeness (QED) is 0.923. The van der Waals surface area contributed by atoms with Crippen LogP contribution in [0.25, 0.3) is 0 Å². The monoisotopic (exact) mass is 346 g/mol. The number of nitrogens with zero attached hydrogens (tertiary/aromatic N) is 3. The van der Waals surface area contributed by atoms with Crippen LogP contribution in [0, 0.1) is 0 Å². The summed E-state index contributed by atoms with van der Waals surface area (Å²) in [6, 6.07) is 11.6. The highest BCUT2D eigenvalue weighted by molar-refractivity contribution is 6.30. The van der Waals surface area contributed by atoms with Crippen LogP contribution in [0.2, 0.25) is 5.02 Å². The standard InChI is InChI=1S/C16H15ClN4O3/c1-20-16(23)21(12-7-5-11(17)6-8-12)15(24-20)10-14(22)19-13-4-2-3-9-18-13/h2-9,15H,10H2,1H3,(H,18,19,22)/t15-/m0/s1. The number of nitrogens with one attached hydrogen (secondary N) is 1. The van der Waals surface area contributed by atoms with Gasteiger partial charge < -0.3 is 5.32 Å². The summed E-state index contributed by atoms with van der Waals surface area (Å²) >= 11 is 5.88. The molecule has 0 unspecified atom stereocenters. The lowest BCUT2D eigenvalue weighted by Crippen LogP contribution is -2.36. The smallest absolute Gasteiger partial charge is 0.311 e. The summed E-state index contributed by atoms with van der Waals surface area (Å²) in [5.41, 5.74) is 0.601. The second-order valence-corrected chi connectivity index (χ2v) is 5.59. The number of hydrogen-bond acceptors (Lipinski definition) is 4. The molecule has 1 aromatic heterocycles. The number of rotatable bonds is 4. The number of urea groups is 1. The summed E-state index contributed by atoms with van der Waals surface area (Å²) in [4.78, 5) is 35.4. The number of carbonyl (C=O) groups is 2. The van der Waals surface area contributed by atoms with E-state index in [2.05, 4.69) is 10.3 Å². The maximum absolute atomic E-state index is 12.3. The fourth-order valence-electron chi connectivity index (χ4n) is 2.35. The minimum absolute atomic E-state index is 0.0325. The molecule has 24 heavy (non-hydrogen) atoms. The third-order valence-electron chi connectivity index (χ3n) is 3.44. The summed E-state index contributed by atoms with van der Waals surface area (Å²) in [5, 5.41) is 4.34. The lowest BCUT2D eigenvalue weighted by molar-refractivity contribution is -0.129. The van der Waals surface area contributed by atoms with Crippen molar-refractivity contribution in [2.75, 3.05) is 17.3 Å². The number of hydroxylamine groups is 2. The first-order chi connectivity index (χ1) is 11.5. The Hall–Kier alpha value is -2.64. The molecule has 1 atom stereocenters. The molecule has 1 aliphatic heterocycles. The average Bonchev–Trinajstić information content (AvgIpc) is 2.83. The molecule has 0 saturated carbocycles. The molecule has 0 bridgehead atoms. The molecule has 7 nitrogen and oxygen atoms in total. The number of benzene rings is 1. The maximum Gasteiger partial charge on any atom is 0.350 e. The van der Waals surface area contributed by atoms with Gasteiger partial charge in [0.1, 0.15) is 5.82 Å². The summed E-state index contributed by atoms with van der Waals surface area (Å²) in [5.74, 6) is 0.138. The lowest BCUT2D eigenvalue weighted by atomic mass is 10.2. The van der Waals surface area contributed by atoms with Crippen molar-refractivity contribution in [3.63, 3.8) is 0 Å². The molecule has 1 saturated heterocycles. The Balaban J connectivity index is 1.74. The van der Waals surface area contributed by atoms with E-state index in [-0.39, 0.29) is 18.4 Å². The molecule has 124 valence electrons. The van der Waals surface area contributed by atoms with E-state index in [4.69, 9.17) is 16.4 Å². The number of hydrogen-bond donors (Lipinski definition) is 1. The molecule has 1 fully saturated rings. The van der Waals surface area contributed by atoms with Crippen LogP contribution in [0.4, 0.5) is 16.3 Å². The summed E-state index contributed by atoms with van der Waals surface area (Å²) in [6.45, 7) is 0. The van der Waals surface area contributed by atoms with Crippen molar-refractivity contribution in [3.05, 3.63) is 53.7 Å². The molecular weight excluding hydrogens is 332 g/mol. The van der Waals surface area contributed by atoms with Gasteiger partial charge >= 0.3 is 6.03 Å². The molecule has 3 rings (SSSR count). The van der Waals surface area contributed by atoms with E-state index in [0.29, 0.717) is 16.5 Å². The Morgan fingerprint density at radius 2 is 2.04 bits per heavy atom. The van der Waals surface area contributed by atoms with Gasteiger partial charge in [0.25, 0.3) is 0 Å². The van der Waals surface area contributed by atoms with Gasteiger partial charge in [-0.15, -0.1) is 0 Å². The van der Waals surface area contributed by atoms with E-state index in [0.717, 1.165) is 5.06 Å². The first-order valence-corrected chi connectivity index (χ1v) is 7.62.